The number of carbonyl (C=O) groups excluding carboxylic acids is 2. The number of aromatic nitrogens is 2. The van der Waals surface area contributed by atoms with E-state index in [4.69, 9.17) is 23.2 Å². The first-order valence-corrected chi connectivity index (χ1v) is 14.1. The number of anilines is 2. The molecule has 5 N–H and O–H groups in total. The second-order valence-electron chi connectivity index (χ2n) is 9.90. The van der Waals surface area contributed by atoms with Crippen molar-refractivity contribution in [3.8, 4) is 0 Å². The quantitative estimate of drug-likeness (QED) is 0.176. The Kier molecular flexibility index (Phi) is 8.86. The molecule has 0 fully saturated rings. The summed E-state index contributed by atoms with van der Waals surface area (Å²) in [5, 5.41) is 21.8. The van der Waals surface area contributed by atoms with Crippen molar-refractivity contribution in [3.05, 3.63) is 93.1 Å². The molecule has 5 rings (SSSR count). The summed E-state index contributed by atoms with van der Waals surface area (Å²) in [7, 11) is 0. The van der Waals surface area contributed by atoms with Gasteiger partial charge in [-0.1, -0.05) is 65.7 Å². The van der Waals surface area contributed by atoms with E-state index in [0.717, 1.165) is 35.0 Å². The van der Waals surface area contributed by atoms with Crippen LogP contribution in [0.25, 0.3) is 10.9 Å². The number of aliphatic carboxylic acids is 1. The van der Waals surface area contributed by atoms with Gasteiger partial charge in [0, 0.05) is 18.0 Å². The number of rotatable bonds is 10. The van der Waals surface area contributed by atoms with E-state index in [1.54, 1.807) is 6.07 Å². The Labute approximate surface area is 251 Å². The molecule has 42 heavy (non-hydrogen) atoms. The minimum atomic E-state index is -1.43. The van der Waals surface area contributed by atoms with Crippen LogP contribution in [0.3, 0.4) is 0 Å². The molecule has 1 aliphatic carbocycles. The third-order valence-corrected chi connectivity index (χ3v) is 7.81. The van der Waals surface area contributed by atoms with Gasteiger partial charge in [0.05, 0.1) is 39.1 Å². The van der Waals surface area contributed by atoms with Crippen molar-refractivity contribution < 1.29 is 19.5 Å². The first kappa shape index (κ1) is 29.2. The van der Waals surface area contributed by atoms with Gasteiger partial charge in [0.2, 0.25) is 11.9 Å². The van der Waals surface area contributed by atoms with E-state index in [2.05, 4.69) is 37.3 Å². The van der Waals surface area contributed by atoms with Gasteiger partial charge in [-0.2, -0.15) is 0 Å². The molecule has 2 unspecified atom stereocenters. The van der Waals surface area contributed by atoms with Gasteiger partial charge in [-0.25, -0.2) is 14.8 Å². The van der Waals surface area contributed by atoms with Crippen LogP contribution in [-0.4, -0.2) is 52.0 Å². The summed E-state index contributed by atoms with van der Waals surface area (Å²) in [4.78, 5) is 46.5. The largest absolute Gasteiger partial charge is 0.480 e. The number of hydrogen-bond acceptors (Lipinski definition) is 7. The van der Waals surface area contributed by atoms with E-state index in [0.29, 0.717) is 5.69 Å². The Morgan fingerprint density at radius 3 is 2.60 bits per heavy atom. The lowest BCUT2D eigenvalue weighted by Crippen LogP contribution is -2.49. The molecule has 1 aliphatic rings. The van der Waals surface area contributed by atoms with E-state index < -0.39 is 23.8 Å². The number of aryl methyl sites for hydroxylation is 2. The van der Waals surface area contributed by atoms with Crippen LogP contribution in [0.4, 0.5) is 11.6 Å². The molecule has 1 heterocycles. The van der Waals surface area contributed by atoms with Crippen LogP contribution >= 0.6 is 23.2 Å². The van der Waals surface area contributed by atoms with Crippen LogP contribution in [0.5, 0.6) is 0 Å². The summed E-state index contributed by atoms with van der Waals surface area (Å²) >= 11 is 12.9. The molecule has 12 heteroatoms. The lowest BCUT2D eigenvalue weighted by atomic mass is 10.1. The number of nitrogens with zero attached hydrogens (tertiary/aromatic N) is 2. The zero-order valence-corrected chi connectivity index (χ0v) is 24.1. The maximum absolute atomic E-state index is 13.2. The maximum Gasteiger partial charge on any atom is 0.328 e. The molecule has 2 amide bonds. The summed E-state index contributed by atoms with van der Waals surface area (Å²) in [5.74, 6) is -2.27. The summed E-state index contributed by atoms with van der Waals surface area (Å²) in [6, 6.07) is 17.2. The van der Waals surface area contributed by atoms with Crippen LogP contribution in [-0.2, 0) is 16.0 Å². The molecule has 3 aromatic carbocycles. The molecule has 0 radical (unpaired) electrons. The number of amides is 2. The van der Waals surface area contributed by atoms with Gasteiger partial charge in [-0.15, -0.1) is 0 Å². The first-order chi connectivity index (χ1) is 20.2. The van der Waals surface area contributed by atoms with E-state index >= 15 is 0 Å². The fourth-order valence-corrected chi connectivity index (χ4v) is 5.55. The molecule has 0 saturated carbocycles. The van der Waals surface area contributed by atoms with Crippen molar-refractivity contribution in [3.63, 3.8) is 0 Å². The number of hydrogen-bond donors (Lipinski definition) is 5. The summed E-state index contributed by atoms with van der Waals surface area (Å²) < 4.78 is 0. The molecule has 10 nitrogen and oxygen atoms in total. The average Bonchev–Trinajstić information content (AvgIpc) is 3.38. The molecular weight excluding hydrogens is 579 g/mol. The van der Waals surface area contributed by atoms with Crippen molar-refractivity contribution in [2.75, 3.05) is 18.4 Å². The highest BCUT2D eigenvalue weighted by Gasteiger charge is 2.26. The topological polar surface area (TPSA) is 145 Å². The zero-order chi connectivity index (χ0) is 29.8. The fourth-order valence-electron chi connectivity index (χ4n) is 4.96. The molecule has 4 aromatic rings. The van der Waals surface area contributed by atoms with Gasteiger partial charge < -0.3 is 26.4 Å². The minimum Gasteiger partial charge on any atom is -0.480 e. The highest BCUT2D eigenvalue weighted by Crippen LogP contribution is 2.34. The number of fused-ring (bicyclic) bond motifs is 2. The van der Waals surface area contributed by atoms with Crippen molar-refractivity contribution in [2.45, 2.75) is 31.8 Å². The molecule has 0 spiro atoms. The van der Waals surface area contributed by atoms with Crippen molar-refractivity contribution in [1.29, 1.82) is 0 Å². The Balaban J connectivity index is 1.22. The maximum atomic E-state index is 13.2. The normalized spacial score (nSPS) is 14.7. The summed E-state index contributed by atoms with van der Waals surface area (Å²) in [6.07, 6.45) is 1.81. The Morgan fingerprint density at radius 2 is 1.79 bits per heavy atom. The second kappa shape index (κ2) is 12.7. The number of para-hydroxylation sites is 1. The second-order valence-corrected chi connectivity index (χ2v) is 10.7. The number of carboxylic acids is 1. The SMILES string of the molecule is Cc1nc(Nc2ccc(Cl)c(C(=O)NC(CNC(=O)CNC3CCc4ccccc43)C(=O)O)c2Cl)nc2ccccc12. The summed E-state index contributed by atoms with van der Waals surface area (Å²) in [5.41, 5.74) is 4.07. The lowest BCUT2D eigenvalue weighted by Gasteiger charge is -2.18. The van der Waals surface area contributed by atoms with Gasteiger partial charge in [0.25, 0.3) is 5.91 Å². The van der Waals surface area contributed by atoms with Gasteiger partial charge in [0.1, 0.15) is 6.04 Å². The average molecular weight is 607 g/mol. The molecule has 0 bridgehead atoms. The molecule has 216 valence electrons. The van der Waals surface area contributed by atoms with Crippen molar-refractivity contribution in [2.24, 2.45) is 0 Å². The third-order valence-electron chi connectivity index (χ3n) is 7.11. The smallest absolute Gasteiger partial charge is 0.328 e. The monoisotopic (exact) mass is 606 g/mol. The van der Waals surface area contributed by atoms with Crippen molar-refractivity contribution >= 4 is 63.5 Å². The van der Waals surface area contributed by atoms with Crippen LogP contribution in [0.2, 0.25) is 10.0 Å². The number of benzene rings is 3. The number of carboxylic acid groups (broad SMARTS) is 1. The lowest BCUT2D eigenvalue weighted by molar-refractivity contribution is -0.139. The van der Waals surface area contributed by atoms with Gasteiger partial charge in [-0.05, 0) is 49.1 Å². The van der Waals surface area contributed by atoms with E-state index in [9.17, 15) is 19.5 Å². The highest BCUT2D eigenvalue weighted by atomic mass is 35.5. The number of carbonyl (C=O) groups is 3. The van der Waals surface area contributed by atoms with Gasteiger partial charge >= 0.3 is 5.97 Å². The van der Waals surface area contributed by atoms with Crippen molar-refractivity contribution in [1.82, 2.24) is 25.9 Å². The van der Waals surface area contributed by atoms with E-state index in [-0.39, 0.29) is 40.7 Å². The number of nitrogens with one attached hydrogen (secondary N) is 4. The molecular formula is C30H28Cl2N6O4. The predicted molar refractivity (Wildman–Crippen MR) is 161 cm³/mol. The fraction of sp³-hybridized carbons (Fsp3) is 0.233. The molecule has 0 saturated heterocycles. The van der Waals surface area contributed by atoms with Crippen LogP contribution in [0.1, 0.15) is 39.6 Å². The first-order valence-electron chi connectivity index (χ1n) is 13.3. The van der Waals surface area contributed by atoms with Crippen LogP contribution in [0, 0.1) is 6.92 Å². The molecule has 1 aromatic heterocycles. The van der Waals surface area contributed by atoms with Gasteiger partial charge in [0.15, 0.2) is 0 Å². The van der Waals surface area contributed by atoms with Gasteiger partial charge in [-0.3, -0.25) is 9.59 Å². The summed E-state index contributed by atoms with van der Waals surface area (Å²) in [6.45, 7) is 1.52. The van der Waals surface area contributed by atoms with Crippen LogP contribution < -0.4 is 21.3 Å². The van der Waals surface area contributed by atoms with E-state index in [1.165, 1.54) is 11.6 Å². The standard InChI is InChI=1S/C30H28Cl2N6O4/c1-16-18-7-4-5-9-22(18)37-30(35-16)38-23-13-11-20(31)26(27(23)32)28(40)36-24(29(41)42)14-34-25(39)15-33-21-12-10-17-6-2-3-8-19(17)21/h2-9,11,13,21,24,33H,10,12,14-15H2,1H3,(H,34,39)(H,36,40)(H,41,42)(H,35,37,38). The molecule has 0 aliphatic heterocycles. The Bertz CT molecular complexity index is 1680. The molecule has 2 atom stereocenters. The number of halogens is 2. The highest BCUT2D eigenvalue weighted by molar-refractivity contribution is 6.41. The third kappa shape index (κ3) is 6.46. The zero-order valence-electron chi connectivity index (χ0n) is 22.6. The minimum absolute atomic E-state index is 0.000967. The predicted octanol–water partition coefficient (Wildman–Crippen LogP) is 4.56. The Hall–Kier alpha value is -4.25. The van der Waals surface area contributed by atoms with E-state index in [1.807, 2.05) is 49.4 Å². The Morgan fingerprint density at radius 1 is 1.02 bits per heavy atom. The van der Waals surface area contributed by atoms with Crippen LogP contribution in [0.15, 0.2) is 60.7 Å².